The molecular weight excluding hydrogens is 388 g/mol. The van der Waals surface area contributed by atoms with Crippen LogP contribution in [0.3, 0.4) is 0 Å². The van der Waals surface area contributed by atoms with Crippen LogP contribution in [0.1, 0.15) is 31.2 Å². The molecule has 1 aromatic carbocycles. The van der Waals surface area contributed by atoms with Gasteiger partial charge in [0.15, 0.2) is 0 Å². The molecule has 1 spiro atoms. The van der Waals surface area contributed by atoms with Crippen molar-refractivity contribution < 1.29 is 9.59 Å². The Labute approximate surface area is 178 Å². The molecule has 2 heterocycles. The van der Waals surface area contributed by atoms with Crippen molar-refractivity contribution >= 4 is 29.2 Å². The largest absolute Gasteiger partial charge is 0.340 e. The Bertz CT molecular complexity index is 785. The summed E-state index contributed by atoms with van der Waals surface area (Å²) in [6, 6.07) is 5.46. The van der Waals surface area contributed by atoms with Crippen LogP contribution in [0.4, 0.5) is 10.5 Å². The zero-order chi connectivity index (χ0) is 20.6. The Kier molecular flexibility index (Phi) is 5.76. The van der Waals surface area contributed by atoms with E-state index >= 15 is 0 Å². The highest BCUT2D eigenvalue weighted by Crippen LogP contribution is 2.49. The van der Waals surface area contributed by atoms with Crippen LogP contribution in [0.15, 0.2) is 18.2 Å². The van der Waals surface area contributed by atoms with Gasteiger partial charge in [-0.2, -0.15) is 0 Å². The normalized spacial score (nSPS) is 24.3. The molecule has 0 aromatic heterocycles. The number of halogens is 1. The summed E-state index contributed by atoms with van der Waals surface area (Å²) in [5.41, 5.74) is 1.61. The van der Waals surface area contributed by atoms with Crippen molar-refractivity contribution in [2.24, 2.45) is 11.3 Å². The van der Waals surface area contributed by atoms with Crippen molar-refractivity contribution in [2.45, 2.75) is 32.6 Å². The Morgan fingerprint density at radius 2 is 1.79 bits per heavy atom. The smallest absolute Gasteiger partial charge is 0.321 e. The van der Waals surface area contributed by atoms with Gasteiger partial charge >= 0.3 is 6.03 Å². The number of urea groups is 1. The summed E-state index contributed by atoms with van der Waals surface area (Å²) >= 11 is 6.30. The minimum absolute atomic E-state index is 0.0607. The molecule has 3 aliphatic rings. The molecule has 1 aromatic rings. The fourth-order valence-corrected chi connectivity index (χ4v) is 5.49. The minimum atomic E-state index is -0.157. The second-order valence-corrected chi connectivity index (χ2v) is 9.45. The van der Waals surface area contributed by atoms with Gasteiger partial charge in [0.1, 0.15) is 0 Å². The first kappa shape index (κ1) is 20.5. The second-order valence-electron chi connectivity index (χ2n) is 9.04. The highest BCUT2D eigenvalue weighted by Gasteiger charge is 2.53. The predicted molar refractivity (Wildman–Crippen MR) is 115 cm³/mol. The fraction of sp³-hybridized carbons (Fsp3) is 0.636. The van der Waals surface area contributed by atoms with Crippen molar-refractivity contribution in [3.05, 3.63) is 28.8 Å². The van der Waals surface area contributed by atoms with E-state index in [1.165, 1.54) is 0 Å². The number of carbonyl (C=O) groups excluding carboxylic acids is 2. The molecule has 6 nitrogen and oxygen atoms in total. The molecule has 0 bridgehead atoms. The first-order chi connectivity index (χ1) is 13.9. The van der Waals surface area contributed by atoms with Crippen molar-refractivity contribution in [3.8, 4) is 0 Å². The molecule has 2 aliphatic heterocycles. The van der Waals surface area contributed by atoms with Crippen molar-refractivity contribution in [2.75, 3.05) is 51.6 Å². The molecule has 1 N–H and O–H groups in total. The maximum atomic E-state index is 13.4. The van der Waals surface area contributed by atoms with E-state index in [4.69, 9.17) is 11.6 Å². The fourth-order valence-electron chi connectivity index (χ4n) is 5.21. The number of likely N-dealkylation sites (N-methyl/N-ethyl adjacent to an activating group) is 1. The number of anilines is 1. The molecule has 0 radical (unpaired) electrons. The molecular formula is C22H31ClN4O2. The summed E-state index contributed by atoms with van der Waals surface area (Å²) in [5.74, 6) is 0.149. The summed E-state index contributed by atoms with van der Waals surface area (Å²) in [7, 11) is 2.10. The number of piperazine rings is 1. The summed E-state index contributed by atoms with van der Waals surface area (Å²) in [5, 5.41) is 3.49. The Hall–Kier alpha value is -1.79. The maximum Gasteiger partial charge on any atom is 0.321 e. The van der Waals surface area contributed by atoms with E-state index in [-0.39, 0.29) is 23.3 Å². The number of nitrogens with zero attached hydrogens (tertiary/aromatic N) is 3. The molecule has 1 aliphatic carbocycles. The Morgan fingerprint density at radius 1 is 1.10 bits per heavy atom. The minimum Gasteiger partial charge on any atom is -0.340 e. The first-order valence-corrected chi connectivity index (χ1v) is 11.1. The third-order valence-corrected chi connectivity index (χ3v) is 7.33. The molecule has 3 fully saturated rings. The number of hydrogen-bond donors (Lipinski definition) is 1. The van der Waals surface area contributed by atoms with Gasteiger partial charge in [0.05, 0.1) is 16.6 Å². The number of rotatable bonds is 2. The van der Waals surface area contributed by atoms with Gasteiger partial charge in [-0.25, -0.2) is 4.79 Å². The van der Waals surface area contributed by atoms with Crippen LogP contribution in [0.5, 0.6) is 0 Å². The van der Waals surface area contributed by atoms with Crippen LogP contribution >= 0.6 is 11.6 Å². The van der Waals surface area contributed by atoms with Crippen LogP contribution < -0.4 is 5.32 Å². The van der Waals surface area contributed by atoms with Gasteiger partial charge in [-0.05, 0) is 44.5 Å². The summed E-state index contributed by atoms with van der Waals surface area (Å²) in [4.78, 5) is 32.5. The van der Waals surface area contributed by atoms with E-state index in [0.717, 1.165) is 57.4 Å². The summed E-state index contributed by atoms with van der Waals surface area (Å²) in [6.07, 6.45) is 4.36. The Morgan fingerprint density at radius 3 is 2.45 bits per heavy atom. The number of hydrogen-bond acceptors (Lipinski definition) is 3. The van der Waals surface area contributed by atoms with Crippen LogP contribution in [0.2, 0.25) is 5.02 Å². The maximum absolute atomic E-state index is 13.4. The monoisotopic (exact) mass is 418 g/mol. The molecule has 1 saturated carbocycles. The van der Waals surface area contributed by atoms with Crippen LogP contribution in [0.25, 0.3) is 0 Å². The molecule has 1 atom stereocenters. The average molecular weight is 419 g/mol. The quantitative estimate of drug-likeness (QED) is 0.800. The van der Waals surface area contributed by atoms with Gasteiger partial charge < -0.3 is 20.0 Å². The van der Waals surface area contributed by atoms with Crippen molar-refractivity contribution in [1.82, 2.24) is 14.7 Å². The topological polar surface area (TPSA) is 55.9 Å². The molecule has 29 heavy (non-hydrogen) atoms. The zero-order valence-electron chi connectivity index (χ0n) is 17.4. The molecule has 2 saturated heterocycles. The number of amides is 3. The number of aryl methyl sites for hydroxylation is 1. The van der Waals surface area contributed by atoms with E-state index in [1.807, 2.05) is 34.9 Å². The van der Waals surface area contributed by atoms with Crippen LogP contribution in [-0.2, 0) is 4.79 Å². The second kappa shape index (κ2) is 8.15. The highest BCUT2D eigenvalue weighted by atomic mass is 35.5. The SMILES string of the molecule is Cc1ccc(NC(=O)N2CC(C(=O)N3CCN(C)CC3)C3(CCCC3)C2)c(Cl)c1. The molecule has 3 amide bonds. The lowest BCUT2D eigenvalue weighted by Crippen LogP contribution is -2.51. The van der Waals surface area contributed by atoms with Gasteiger partial charge in [-0.1, -0.05) is 30.5 Å². The van der Waals surface area contributed by atoms with E-state index in [2.05, 4.69) is 17.3 Å². The van der Waals surface area contributed by atoms with Crippen LogP contribution in [0, 0.1) is 18.3 Å². The lowest BCUT2D eigenvalue weighted by atomic mass is 9.76. The number of benzene rings is 1. The van der Waals surface area contributed by atoms with Gasteiger partial charge in [0.25, 0.3) is 0 Å². The van der Waals surface area contributed by atoms with E-state index in [9.17, 15) is 9.59 Å². The third-order valence-electron chi connectivity index (χ3n) is 7.01. The van der Waals surface area contributed by atoms with Gasteiger partial charge in [0.2, 0.25) is 5.91 Å². The molecule has 7 heteroatoms. The Balaban J connectivity index is 1.48. The predicted octanol–water partition coefficient (Wildman–Crippen LogP) is 3.45. The number of likely N-dealkylation sites (tertiary alicyclic amines) is 1. The standard InChI is InChI=1S/C22H31ClN4O2/c1-16-5-6-19(18(23)13-16)24-21(29)27-14-17(22(15-27)7-3-4-8-22)20(28)26-11-9-25(2)10-12-26/h5-6,13,17H,3-4,7-12,14-15H2,1-2H3,(H,24,29). The molecule has 4 rings (SSSR count). The van der Waals surface area contributed by atoms with Gasteiger partial charge in [0, 0.05) is 44.7 Å². The van der Waals surface area contributed by atoms with Crippen molar-refractivity contribution in [3.63, 3.8) is 0 Å². The molecule has 1 unspecified atom stereocenters. The number of nitrogens with one attached hydrogen (secondary N) is 1. The van der Waals surface area contributed by atoms with Gasteiger partial charge in [-0.3, -0.25) is 4.79 Å². The van der Waals surface area contributed by atoms with E-state index in [1.54, 1.807) is 0 Å². The van der Waals surface area contributed by atoms with Crippen LogP contribution in [-0.4, -0.2) is 73.0 Å². The summed E-state index contributed by atoms with van der Waals surface area (Å²) < 4.78 is 0. The summed E-state index contributed by atoms with van der Waals surface area (Å²) in [6.45, 7) is 6.53. The highest BCUT2D eigenvalue weighted by molar-refractivity contribution is 6.33. The van der Waals surface area contributed by atoms with Gasteiger partial charge in [-0.15, -0.1) is 0 Å². The lowest BCUT2D eigenvalue weighted by Gasteiger charge is -2.37. The van der Waals surface area contributed by atoms with E-state index < -0.39 is 0 Å². The molecule has 158 valence electrons. The number of carbonyl (C=O) groups is 2. The third kappa shape index (κ3) is 4.10. The van der Waals surface area contributed by atoms with Crippen molar-refractivity contribution in [1.29, 1.82) is 0 Å². The average Bonchev–Trinajstić information content (AvgIpc) is 3.32. The first-order valence-electron chi connectivity index (χ1n) is 10.7. The lowest BCUT2D eigenvalue weighted by molar-refractivity contribution is -0.139. The van der Waals surface area contributed by atoms with E-state index in [0.29, 0.717) is 23.8 Å². The zero-order valence-corrected chi connectivity index (χ0v) is 18.2.